The molecule has 6 N–H and O–H groups in total. The van der Waals surface area contributed by atoms with E-state index in [2.05, 4.69) is 30.9 Å². The highest BCUT2D eigenvalue weighted by molar-refractivity contribution is 6.43. The van der Waals surface area contributed by atoms with Crippen LogP contribution in [0.3, 0.4) is 0 Å². The minimum atomic E-state index is -1.78. The van der Waals surface area contributed by atoms with Crippen LogP contribution in [0.15, 0.2) is 79.4 Å². The number of aromatic nitrogens is 3. The summed E-state index contributed by atoms with van der Waals surface area (Å²) in [5.41, 5.74) is 2.51. The maximum absolute atomic E-state index is 13.8. The number of H-pyrrole nitrogens is 1. The predicted octanol–water partition coefficient (Wildman–Crippen LogP) is 1.57. The van der Waals surface area contributed by atoms with E-state index in [1.165, 1.54) is 18.6 Å². The molecule has 0 saturated heterocycles. The third-order valence-corrected chi connectivity index (χ3v) is 6.85. The van der Waals surface area contributed by atoms with E-state index in [0.29, 0.717) is 6.42 Å². The van der Waals surface area contributed by atoms with Gasteiger partial charge in [-0.3, -0.25) is 19.4 Å². The molecule has 4 rings (SSSR count). The highest BCUT2D eigenvalue weighted by atomic mass is 16.4. The Morgan fingerprint density at radius 1 is 0.881 bits per heavy atom. The van der Waals surface area contributed by atoms with Crippen LogP contribution < -0.4 is 16.0 Å². The number of amides is 3. The summed E-state index contributed by atoms with van der Waals surface area (Å²) >= 11 is 0. The van der Waals surface area contributed by atoms with Crippen LogP contribution in [0, 0.1) is 5.92 Å². The fourth-order valence-electron chi connectivity index (χ4n) is 4.76. The molecule has 4 aromatic rings. The van der Waals surface area contributed by atoms with Gasteiger partial charge in [-0.1, -0.05) is 62.4 Å². The molecule has 0 saturated carbocycles. The number of carbonyl (C=O) groups excluding carboxylic acids is 3. The normalized spacial score (nSPS) is 13.3. The number of nitrogens with one attached hydrogen (secondary N) is 4. The summed E-state index contributed by atoms with van der Waals surface area (Å²) in [4.78, 5) is 51.4. The topological polar surface area (TPSA) is 169 Å². The molecule has 0 fully saturated rings. The van der Waals surface area contributed by atoms with E-state index in [0.717, 1.165) is 22.0 Å². The molecule has 0 unspecified atom stereocenters. The summed E-state index contributed by atoms with van der Waals surface area (Å²) in [6.45, 7) is 3.81. The van der Waals surface area contributed by atoms with E-state index in [9.17, 15) is 24.4 Å². The number of aromatic amines is 1. The number of rotatable bonds is 13. The van der Waals surface area contributed by atoms with Gasteiger partial charge >= 0.3 is 7.12 Å². The number of fused-ring (bicyclic) bond motifs is 1. The monoisotopic (exact) mass is 570 g/mol. The van der Waals surface area contributed by atoms with Crippen LogP contribution in [0.2, 0.25) is 0 Å². The van der Waals surface area contributed by atoms with Gasteiger partial charge in [0.05, 0.1) is 12.1 Å². The Morgan fingerprint density at radius 2 is 1.57 bits per heavy atom. The number of para-hydroxylation sites is 1. The van der Waals surface area contributed by atoms with Gasteiger partial charge in [-0.25, -0.2) is 4.98 Å². The molecule has 42 heavy (non-hydrogen) atoms. The van der Waals surface area contributed by atoms with Gasteiger partial charge in [-0.05, 0) is 29.5 Å². The van der Waals surface area contributed by atoms with Crippen LogP contribution >= 0.6 is 0 Å². The van der Waals surface area contributed by atoms with E-state index < -0.39 is 42.9 Å². The third kappa shape index (κ3) is 8.24. The first kappa shape index (κ1) is 30.4. The highest BCUT2D eigenvalue weighted by Gasteiger charge is 2.32. The summed E-state index contributed by atoms with van der Waals surface area (Å²) in [5.74, 6) is -2.61. The van der Waals surface area contributed by atoms with Gasteiger partial charge in [0, 0.05) is 42.3 Å². The van der Waals surface area contributed by atoms with Gasteiger partial charge in [0.25, 0.3) is 5.91 Å². The highest BCUT2D eigenvalue weighted by Crippen LogP contribution is 2.20. The first-order valence-electron chi connectivity index (χ1n) is 13.8. The zero-order valence-electron chi connectivity index (χ0n) is 23.5. The summed E-state index contributed by atoms with van der Waals surface area (Å²) < 4.78 is 0. The van der Waals surface area contributed by atoms with Crippen LogP contribution in [-0.4, -0.2) is 67.9 Å². The molecule has 218 valence electrons. The van der Waals surface area contributed by atoms with E-state index in [1.807, 2.05) is 68.4 Å². The maximum atomic E-state index is 13.8. The zero-order chi connectivity index (χ0) is 30.1. The lowest BCUT2D eigenvalue weighted by atomic mass is 9.75. The molecule has 12 heteroatoms. The minimum absolute atomic E-state index is 0.0462. The first-order chi connectivity index (χ1) is 20.2. The largest absolute Gasteiger partial charge is 0.475 e. The number of carbonyl (C=O) groups is 3. The van der Waals surface area contributed by atoms with Crippen LogP contribution in [0.4, 0.5) is 0 Å². The van der Waals surface area contributed by atoms with Gasteiger partial charge in [0.2, 0.25) is 11.8 Å². The van der Waals surface area contributed by atoms with Crippen molar-refractivity contribution in [3.63, 3.8) is 0 Å². The average Bonchev–Trinajstić information content (AvgIpc) is 3.39. The lowest BCUT2D eigenvalue weighted by Crippen LogP contribution is -2.58. The van der Waals surface area contributed by atoms with E-state index in [1.54, 1.807) is 6.20 Å². The van der Waals surface area contributed by atoms with E-state index in [4.69, 9.17) is 0 Å². The molecule has 11 nitrogen and oxygen atoms in total. The molecule has 2 aromatic carbocycles. The molecule has 0 radical (unpaired) electrons. The Balaban J connectivity index is 1.61. The summed E-state index contributed by atoms with van der Waals surface area (Å²) in [5, 5.41) is 29.0. The fourth-order valence-corrected chi connectivity index (χ4v) is 4.76. The van der Waals surface area contributed by atoms with Crippen LogP contribution in [-0.2, 0) is 22.4 Å². The molecule has 0 aliphatic rings. The van der Waals surface area contributed by atoms with Crippen molar-refractivity contribution in [1.29, 1.82) is 0 Å². The molecule has 0 bridgehead atoms. The van der Waals surface area contributed by atoms with Gasteiger partial charge in [-0.15, -0.1) is 0 Å². The molecule has 2 aromatic heterocycles. The Kier molecular flexibility index (Phi) is 10.4. The molecule has 0 aliphatic heterocycles. The Bertz CT molecular complexity index is 1480. The van der Waals surface area contributed by atoms with Gasteiger partial charge < -0.3 is 31.0 Å². The number of nitrogens with zero attached hydrogens (tertiary/aromatic N) is 2. The smallest absolute Gasteiger partial charge is 0.426 e. The van der Waals surface area contributed by atoms with Gasteiger partial charge in [0.1, 0.15) is 17.8 Å². The van der Waals surface area contributed by atoms with Crippen molar-refractivity contribution in [2.75, 3.05) is 0 Å². The summed E-state index contributed by atoms with van der Waals surface area (Å²) in [7, 11) is -1.78. The number of benzene rings is 2. The van der Waals surface area contributed by atoms with Gasteiger partial charge in [0.15, 0.2) is 0 Å². The Hall–Kier alpha value is -4.55. The molecular formula is C30H35BN6O5. The number of hydrogen-bond donors (Lipinski definition) is 6. The average molecular weight is 570 g/mol. The van der Waals surface area contributed by atoms with Crippen molar-refractivity contribution in [2.24, 2.45) is 5.92 Å². The fraction of sp³-hybridized carbons (Fsp3) is 0.300. The van der Waals surface area contributed by atoms with Crippen molar-refractivity contribution >= 4 is 35.7 Å². The third-order valence-electron chi connectivity index (χ3n) is 6.85. The lowest BCUT2D eigenvalue weighted by molar-refractivity contribution is -0.130. The van der Waals surface area contributed by atoms with Crippen molar-refractivity contribution in [1.82, 2.24) is 30.9 Å². The van der Waals surface area contributed by atoms with Crippen LogP contribution in [0.5, 0.6) is 0 Å². The van der Waals surface area contributed by atoms with Crippen molar-refractivity contribution in [3.05, 3.63) is 96.2 Å². The van der Waals surface area contributed by atoms with Crippen molar-refractivity contribution in [3.8, 4) is 0 Å². The van der Waals surface area contributed by atoms with Gasteiger partial charge in [-0.2, -0.15) is 0 Å². The second-order valence-electron chi connectivity index (χ2n) is 10.6. The van der Waals surface area contributed by atoms with E-state index >= 15 is 0 Å². The Labute approximate surface area is 244 Å². The summed E-state index contributed by atoms with van der Waals surface area (Å²) in [6, 6.07) is 14.6. The Morgan fingerprint density at radius 3 is 2.26 bits per heavy atom. The predicted molar refractivity (Wildman–Crippen MR) is 159 cm³/mol. The second kappa shape index (κ2) is 14.4. The molecule has 3 amide bonds. The molecular weight excluding hydrogens is 535 g/mol. The van der Waals surface area contributed by atoms with Crippen molar-refractivity contribution < 1.29 is 24.4 Å². The lowest BCUT2D eigenvalue weighted by Gasteiger charge is -2.26. The summed E-state index contributed by atoms with van der Waals surface area (Å²) in [6.07, 6.45) is 6.50. The number of hydrogen-bond acceptors (Lipinski definition) is 7. The first-order valence-corrected chi connectivity index (χ1v) is 13.8. The van der Waals surface area contributed by atoms with Crippen molar-refractivity contribution in [2.45, 2.75) is 51.1 Å². The maximum Gasteiger partial charge on any atom is 0.475 e. The quantitative estimate of drug-likeness (QED) is 0.133. The standard InChI is InChI=1S/C30H35BN6O5/c1-19(2)14-27(31(41)42)37-29(39)25(16-21-17-34-23-11-7-6-10-22(21)23)36-28(38)24(15-20-8-4-3-5-9-20)35-30(40)26-18-32-12-13-33-26/h3-13,17-19,24-25,27,34,41-42H,14-16H2,1-2H3,(H,35,40)(H,36,38)(H,37,39)/t24-,25-,27-/m0/s1. The molecule has 0 spiro atoms. The zero-order valence-corrected chi connectivity index (χ0v) is 23.5. The van der Waals surface area contributed by atoms with Crippen LogP contribution in [0.25, 0.3) is 10.9 Å². The van der Waals surface area contributed by atoms with E-state index in [-0.39, 0.29) is 24.5 Å². The minimum Gasteiger partial charge on any atom is -0.426 e. The second-order valence-corrected chi connectivity index (χ2v) is 10.6. The molecule has 0 aliphatic carbocycles. The SMILES string of the molecule is CC(C)C[C@H](NC(=O)[C@H](Cc1c[nH]c2ccccc12)NC(=O)[C@H](Cc1ccccc1)NC(=O)c1cnccn1)B(O)O. The molecule has 2 heterocycles. The molecule has 3 atom stereocenters. The van der Waals surface area contributed by atoms with Crippen LogP contribution in [0.1, 0.15) is 41.9 Å².